The van der Waals surface area contributed by atoms with Crippen LogP contribution in [0.1, 0.15) is 11.1 Å². The first kappa shape index (κ1) is 26.0. The predicted molar refractivity (Wildman–Crippen MR) is 132 cm³/mol. The average molecular weight is 489 g/mol. The van der Waals surface area contributed by atoms with Crippen molar-refractivity contribution in [1.82, 2.24) is 5.32 Å². The quantitative estimate of drug-likeness (QED) is 0.271. The molecule has 0 radical (unpaired) electrons. The zero-order valence-corrected chi connectivity index (χ0v) is 19.9. The molecule has 1 heterocycles. The lowest BCUT2D eigenvalue weighted by Gasteiger charge is -2.44. The minimum Gasteiger partial charge on any atom is -0.388 e. The number of benzene rings is 2. The standard InChI is InChI=1S/C24H32N4O5S/c1-34-23-20(28-19(29)12-27-24(25)26)22(32-14-17-10-6-3-7-11-17)21(30)18(33-23)15-31-13-16-8-4-2-5-9-16/h2-11,18,20-23,30H,12-15H2,1H3,(H,28,29)(H4,25,26,27)/t18-,20-,21-,22-,23?/m1/s1. The van der Waals surface area contributed by atoms with Crippen molar-refractivity contribution in [3.8, 4) is 0 Å². The molecule has 0 spiro atoms. The molecule has 1 aliphatic heterocycles. The third kappa shape index (κ3) is 7.71. The van der Waals surface area contributed by atoms with Crippen LogP contribution in [0.2, 0.25) is 0 Å². The van der Waals surface area contributed by atoms with Crippen LogP contribution in [0.5, 0.6) is 0 Å². The summed E-state index contributed by atoms with van der Waals surface area (Å²) in [6, 6.07) is 18.8. The van der Waals surface area contributed by atoms with Crippen molar-refractivity contribution in [3.63, 3.8) is 0 Å². The van der Waals surface area contributed by atoms with Crippen molar-refractivity contribution in [2.24, 2.45) is 16.5 Å². The fraction of sp³-hybridized carbons (Fsp3) is 0.417. The first-order chi connectivity index (χ1) is 16.5. The number of thioether (sulfide) groups is 1. The Morgan fingerprint density at radius 3 is 2.29 bits per heavy atom. The molecule has 6 N–H and O–H groups in total. The number of hydrogen-bond donors (Lipinski definition) is 4. The molecule has 0 saturated carbocycles. The highest BCUT2D eigenvalue weighted by Crippen LogP contribution is 2.30. The van der Waals surface area contributed by atoms with Gasteiger partial charge in [0, 0.05) is 0 Å². The van der Waals surface area contributed by atoms with Crippen molar-refractivity contribution >= 4 is 23.6 Å². The number of aliphatic hydroxyl groups excluding tert-OH is 1. The Kier molecular flexibility index (Phi) is 10.2. The van der Waals surface area contributed by atoms with Gasteiger partial charge in [0.2, 0.25) is 5.91 Å². The van der Waals surface area contributed by atoms with E-state index in [9.17, 15) is 9.90 Å². The maximum absolute atomic E-state index is 12.5. The van der Waals surface area contributed by atoms with E-state index in [1.807, 2.05) is 66.9 Å². The van der Waals surface area contributed by atoms with Crippen LogP contribution in [-0.4, -0.2) is 66.2 Å². The topological polar surface area (TPSA) is 141 Å². The number of carbonyl (C=O) groups excluding carboxylic acids is 1. The third-order valence-corrected chi connectivity index (χ3v) is 6.19. The minimum atomic E-state index is -1.03. The first-order valence-corrected chi connectivity index (χ1v) is 12.2. The molecule has 2 aromatic rings. The zero-order valence-electron chi connectivity index (χ0n) is 19.1. The number of carbonyl (C=O) groups is 1. The summed E-state index contributed by atoms with van der Waals surface area (Å²) in [4.78, 5) is 16.2. The van der Waals surface area contributed by atoms with Crippen molar-refractivity contribution in [3.05, 3.63) is 71.8 Å². The van der Waals surface area contributed by atoms with Gasteiger partial charge in [-0.05, 0) is 17.4 Å². The predicted octanol–water partition coefficient (Wildman–Crippen LogP) is 0.996. The number of amides is 1. The van der Waals surface area contributed by atoms with Gasteiger partial charge in [0.15, 0.2) is 5.96 Å². The molecule has 0 bridgehead atoms. The second-order valence-electron chi connectivity index (χ2n) is 7.87. The van der Waals surface area contributed by atoms with Crippen molar-refractivity contribution < 1.29 is 24.1 Å². The Bertz CT molecular complexity index is 914. The molecule has 0 aliphatic carbocycles. The van der Waals surface area contributed by atoms with E-state index in [2.05, 4.69) is 10.3 Å². The lowest BCUT2D eigenvalue weighted by molar-refractivity contribution is -0.196. The molecule has 2 aromatic carbocycles. The van der Waals surface area contributed by atoms with Crippen molar-refractivity contribution in [1.29, 1.82) is 0 Å². The normalized spacial score (nSPS) is 24.4. The lowest BCUT2D eigenvalue weighted by Crippen LogP contribution is -2.64. The number of ether oxygens (including phenoxy) is 3. The second kappa shape index (κ2) is 13.3. The van der Waals surface area contributed by atoms with Gasteiger partial charge in [-0.25, -0.2) is 4.99 Å². The van der Waals surface area contributed by atoms with E-state index in [-0.39, 0.29) is 25.7 Å². The summed E-state index contributed by atoms with van der Waals surface area (Å²) in [5.41, 5.74) is 12.2. The van der Waals surface area contributed by atoms with Gasteiger partial charge in [0.1, 0.15) is 30.3 Å². The Morgan fingerprint density at radius 1 is 1.09 bits per heavy atom. The molecule has 184 valence electrons. The molecular formula is C24H32N4O5S. The van der Waals surface area contributed by atoms with E-state index < -0.39 is 35.7 Å². The monoisotopic (exact) mass is 488 g/mol. The molecule has 5 atom stereocenters. The maximum atomic E-state index is 12.5. The Labute approximate surface area is 203 Å². The fourth-order valence-corrected chi connectivity index (χ4v) is 4.41. The van der Waals surface area contributed by atoms with Gasteiger partial charge in [-0.3, -0.25) is 4.79 Å². The molecule has 1 fully saturated rings. The van der Waals surface area contributed by atoms with Crippen molar-refractivity contribution in [2.75, 3.05) is 19.4 Å². The summed E-state index contributed by atoms with van der Waals surface area (Å²) in [5.74, 6) is -0.579. The largest absolute Gasteiger partial charge is 0.388 e. The summed E-state index contributed by atoms with van der Waals surface area (Å²) in [7, 11) is 0. The third-order valence-electron chi connectivity index (χ3n) is 5.32. The summed E-state index contributed by atoms with van der Waals surface area (Å²) in [6.45, 7) is 0.602. The summed E-state index contributed by atoms with van der Waals surface area (Å²) in [6.07, 6.45) is -0.530. The Morgan fingerprint density at radius 2 is 1.71 bits per heavy atom. The average Bonchev–Trinajstić information content (AvgIpc) is 2.85. The van der Waals surface area contributed by atoms with Gasteiger partial charge in [0.25, 0.3) is 0 Å². The van der Waals surface area contributed by atoms with Crippen LogP contribution < -0.4 is 16.8 Å². The van der Waals surface area contributed by atoms with Gasteiger partial charge in [-0.2, -0.15) is 0 Å². The van der Waals surface area contributed by atoms with Gasteiger partial charge < -0.3 is 36.1 Å². The SMILES string of the molecule is CSC1O[C@H](COCc2ccccc2)[C@@H](O)[C@H](OCc2ccccc2)[C@H]1NC(=O)CN=C(N)N. The summed E-state index contributed by atoms with van der Waals surface area (Å²) < 4.78 is 18.1. The molecule has 1 saturated heterocycles. The van der Waals surface area contributed by atoms with Crippen LogP contribution in [-0.2, 0) is 32.2 Å². The summed E-state index contributed by atoms with van der Waals surface area (Å²) >= 11 is 1.41. The van der Waals surface area contributed by atoms with E-state index in [1.165, 1.54) is 11.8 Å². The lowest BCUT2D eigenvalue weighted by atomic mass is 9.97. The molecule has 1 unspecified atom stereocenters. The number of hydrogen-bond acceptors (Lipinski definition) is 7. The van der Waals surface area contributed by atoms with Gasteiger partial charge in [0.05, 0.1) is 25.9 Å². The van der Waals surface area contributed by atoms with Gasteiger partial charge in [-0.1, -0.05) is 60.7 Å². The molecule has 10 heteroatoms. The van der Waals surface area contributed by atoms with E-state index in [0.29, 0.717) is 6.61 Å². The molecular weight excluding hydrogens is 456 g/mol. The van der Waals surface area contributed by atoms with Crippen LogP contribution in [0.25, 0.3) is 0 Å². The Hall–Kier alpha value is -2.63. The number of rotatable bonds is 11. The molecule has 0 aromatic heterocycles. The molecule has 3 rings (SSSR count). The summed E-state index contributed by atoms with van der Waals surface area (Å²) in [5, 5.41) is 14.0. The Balaban J connectivity index is 1.71. The number of aliphatic hydroxyl groups is 1. The van der Waals surface area contributed by atoms with Gasteiger partial charge in [-0.15, -0.1) is 11.8 Å². The number of nitrogens with one attached hydrogen (secondary N) is 1. The van der Waals surface area contributed by atoms with Crippen LogP contribution in [0.4, 0.5) is 0 Å². The second-order valence-corrected chi connectivity index (χ2v) is 8.80. The number of nitrogens with two attached hydrogens (primary N) is 2. The zero-order chi connectivity index (χ0) is 24.3. The number of nitrogens with zero attached hydrogens (tertiary/aromatic N) is 1. The van der Waals surface area contributed by atoms with Crippen molar-refractivity contribution in [2.45, 2.75) is 43.0 Å². The first-order valence-electron chi connectivity index (χ1n) is 11.0. The minimum absolute atomic E-state index is 0.174. The molecule has 9 nitrogen and oxygen atoms in total. The van der Waals surface area contributed by atoms with Crippen LogP contribution in [0.3, 0.4) is 0 Å². The fourth-order valence-electron chi connectivity index (χ4n) is 3.64. The van der Waals surface area contributed by atoms with E-state index >= 15 is 0 Å². The highest BCUT2D eigenvalue weighted by Gasteiger charge is 2.46. The van der Waals surface area contributed by atoms with Crippen LogP contribution in [0, 0.1) is 0 Å². The highest BCUT2D eigenvalue weighted by atomic mass is 32.2. The smallest absolute Gasteiger partial charge is 0.242 e. The molecule has 34 heavy (non-hydrogen) atoms. The molecule has 1 aliphatic rings. The van der Waals surface area contributed by atoms with E-state index in [4.69, 9.17) is 25.7 Å². The van der Waals surface area contributed by atoms with Gasteiger partial charge >= 0.3 is 0 Å². The molecule has 1 amide bonds. The highest BCUT2D eigenvalue weighted by molar-refractivity contribution is 7.99. The maximum Gasteiger partial charge on any atom is 0.242 e. The van der Waals surface area contributed by atoms with Crippen LogP contribution in [0.15, 0.2) is 65.7 Å². The van der Waals surface area contributed by atoms with E-state index in [1.54, 1.807) is 0 Å². The number of aliphatic imine (C=N–C) groups is 1. The van der Waals surface area contributed by atoms with Crippen LogP contribution >= 0.6 is 11.8 Å². The van der Waals surface area contributed by atoms with E-state index in [0.717, 1.165) is 11.1 Å². The number of guanidine groups is 1.